The van der Waals surface area contributed by atoms with Crippen molar-refractivity contribution < 1.29 is 13.2 Å². The van der Waals surface area contributed by atoms with Crippen LogP contribution in [0.4, 0.5) is 8.78 Å². The molecule has 0 radical (unpaired) electrons. The molecule has 1 aromatic carbocycles. The van der Waals surface area contributed by atoms with Crippen molar-refractivity contribution in [1.29, 1.82) is 0 Å². The van der Waals surface area contributed by atoms with Crippen LogP contribution in [-0.2, 0) is 6.54 Å². The number of halogens is 3. The van der Waals surface area contributed by atoms with Gasteiger partial charge in [-0.1, -0.05) is 15.9 Å². The van der Waals surface area contributed by atoms with E-state index in [2.05, 4.69) is 36.1 Å². The van der Waals surface area contributed by atoms with Crippen molar-refractivity contribution in [3.8, 4) is 11.5 Å². The molecule has 0 aliphatic rings. The first-order chi connectivity index (χ1) is 12.1. The summed E-state index contributed by atoms with van der Waals surface area (Å²) in [4.78, 5) is 8.70. The van der Waals surface area contributed by atoms with Crippen LogP contribution in [0, 0.1) is 0 Å². The zero-order valence-corrected chi connectivity index (χ0v) is 14.2. The first-order valence-corrected chi connectivity index (χ1v) is 8.07. The zero-order valence-electron chi connectivity index (χ0n) is 12.6. The number of hydrogen-bond donors (Lipinski definition) is 0. The summed E-state index contributed by atoms with van der Waals surface area (Å²) in [7, 11) is 0. The molecule has 0 N–H and O–H groups in total. The molecule has 0 saturated heterocycles. The van der Waals surface area contributed by atoms with Crippen LogP contribution in [0.25, 0.3) is 22.5 Å². The van der Waals surface area contributed by atoms with Crippen molar-refractivity contribution in [2.24, 2.45) is 0 Å². The lowest BCUT2D eigenvalue weighted by Gasteiger charge is -2.04. The number of imidazole rings is 1. The molecule has 0 amide bonds. The van der Waals surface area contributed by atoms with Gasteiger partial charge in [0.05, 0.1) is 35.2 Å². The van der Waals surface area contributed by atoms with E-state index < -0.39 is 12.3 Å². The fourth-order valence-electron chi connectivity index (χ4n) is 2.42. The molecule has 126 valence electrons. The molecule has 0 bridgehead atoms. The van der Waals surface area contributed by atoms with Gasteiger partial charge >= 0.3 is 6.43 Å². The quantitative estimate of drug-likeness (QED) is 0.508. The molecule has 0 aliphatic carbocycles. The Morgan fingerprint density at radius 3 is 2.72 bits per heavy atom. The zero-order chi connectivity index (χ0) is 17.4. The van der Waals surface area contributed by atoms with Gasteiger partial charge in [0, 0.05) is 10.7 Å². The van der Waals surface area contributed by atoms with E-state index in [9.17, 15) is 8.78 Å². The number of pyridine rings is 1. The largest absolute Gasteiger partial charge is 0.415 e. The van der Waals surface area contributed by atoms with Gasteiger partial charge in [0.15, 0.2) is 0 Å². The van der Waals surface area contributed by atoms with Crippen molar-refractivity contribution >= 4 is 27.0 Å². The number of rotatable bonds is 4. The van der Waals surface area contributed by atoms with Gasteiger partial charge < -0.3 is 8.98 Å². The molecule has 0 aliphatic heterocycles. The Kier molecular flexibility index (Phi) is 4.00. The topological polar surface area (TPSA) is 69.6 Å². The summed E-state index contributed by atoms with van der Waals surface area (Å²) in [6.45, 7) is 0.532. The lowest BCUT2D eigenvalue weighted by atomic mass is 10.2. The van der Waals surface area contributed by atoms with Crippen LogP contribution in [0.1, 0.15) is 18.0 Å². The fourth-order valence-corrected chi connectivity index (χ4v) is 2.77. The Bertz CT molecular complexity index is 1030. The van der Waals surface area contributed by atoms with E-state index in [1.165, 1.54) is 6.20 Å². The second-order valence-corrected chi connectivity index (χ2v) is 6.21. The molecular formula is C16H10BrF2N5O. The van der Waals surface area contributed by atoms with Gasteiger partial charge in [-0.3, -0.25) is 4.98 Å². The third-order valence-electron chi connectivity index (χ3n) is 3.61. The third-order valence-corrected chi connectivity index (χ3v) is 4.11. The molecule has 25 heavy (non-hydrogen) atoms. The fraction of sp³-hybridized carbons (Fsp3) is 0.125. The van der Waals surface area contributed by atoms with E-state index in [1.807, 2.05) is 22.8 Å². The minimum Gasteiger partial charge on any atom is -0.415 e. The van der Waals surface area contributed by atoms with Crippen molar-refractivity contribution in [1.82, 2.24) is 24.7 Å². The number of benzene rings is 1. The van der Waals surface area contributed by atoms with Crippen LogP contribution in [0.15, 0.2) is 51.7 Å². The molecule has 3 heterocycles. The lowest BCUT2D eigenvalue weighted by Crippen LogP contribution is -2.00. The minimum atomic E-state index is -2.79. The SMILES string of the molecule is FC(F)c1nnc(-c2ccc(Cn3cnc4cc(Br)ccc43)nc2)o1. The van der Waals surface area contributed by atoms with Gasteiger partial charge in [-0.25, -0.2) is 4.98 Å². The first kappa shape index (κ1) is 15.8. The average molecular weight is 406 g/mol. The van der Waals surface area contributed by atoms with Crippen LogP contribution in [0.2, 0.25) is 0 Å². The molecule has 0 atom stereocenters. The van der Waals surface area contributed by atoms with Gasteiger partial charge in [-0.15, -0.1) is 10.2 Å². The molecule has 0 fully saturated rings. The van der Waals surface area contributed by atoms with Crippen molar-refractivity contribution in [3.05, 3.63) is 58.9 Å². The highest BCUT2D eigenvalue weighted by atomic mass is 79.9. The van der Waals surface area contributed by atoms with Gasteiger partial charge in [0.2, 0.25) is 5.89 Å². The second kappa shape index (κ2) is 6.32. The smallest absolute Gasteiger partial charge is 0.314 e. The molecular weight excluding hydrogens is 396 g/mol. The Balaban J connectivity index is 1.57. The summed E-state index contributed by atoms with van der Waals surface area (Å²) in [5, 5.41) is 6.91. The van der Waals surface area contributed by atoms with E-state index in [1.54, 1.807) is 18.5 Å². The maximum Gasteiger partial charge on any atom is 0.314 e. The van der Waals surface area contributed by atoms with E-state index in [-0.39, 0.29) is 5.89 Å². The Morgan fingerprint density at radius 1 is 1.12 bits per heavy atom. The van der Waals surface area contributed by atoms with Crippen molar-refractivity contribution in [3.63, 3.8) is 0 Å². The van der Waals surface area contributed by atoms with Gasteiger partial charge in [-0.05, 0) is 30.3 Å². The molecule has 6 nitrogen and oxygen atoms in total. The Morgan fingerprint density at radius 2 is 2.00 bits per heavy atom. The molecule has 0 saturated carbocycles. The van der Waals surface area contributed by atoms with Crippen LogP contribution in [-0.4, -0.2) is 24.7 Å². The average Bonchev–Trinajstić information content (AvgIpc) is 3.23. The molecule has 3 aromatic heterocycles. The predicted octanol–water partition coefficient (Wildman–Crippen LogP) is 4.23. The molecule has 0 spiro atoms. The van der Waals surface area contributed by atoms with E-state index in [4.69, 9.17) is 4.42 Å². The summed E-state index contributed by atoms with van der Waals surface area (Å²) in [5.41, 5.74) is 3.16. The lowest BCUT2D eigenvalue weighted by molar-refractivity contribution is 0.116. The Labute approximate surface area is 148 Å². The molecule has 4 aromatic rings. The van der Waals surface area contributed by atoms with E-state index in [0.717, 1.165) is 21.2 Å². The highest BCUT2D eigenvalue weighted by Crippen LogP contribution is 2.23. The normalized spacial score (nSPS) is 11.5. The van der Waals surface area contributed by atoms with Gasteiger partial charge in [0.25, 0.3) is 5.89 Å². The van der Waals surface area contributed by atoms with E-state index in [0.29, 0.717) is 12.1 Å². The number of fused-ring (bicyclic) bond motifs is 1. The summed E-state index contributed by atoms with van der Waals surface area (Å²) in [6, 6.07) is 9.36. The molecule has 9 heteroatoms. The summed E-state index contributed by atoms with van der Waals surface area (Å²) < 4.78 is 32.9. The summed E-state index contributed by atoms with van der Waals surface area (Å²) >= 11 is 3.42. The van der Waals surface area contributed by atoms with Crippen LogP contribution >= 0.6 is 15.9 Å². The van der Waals surface area contributed by atoms with Crippen molar-refractivity contribution in [2.45, 2.75) is 13.0 Å². The van der Waals surface area contributed by atoms with Gasteiger partial charge in [-0.2, -0.15) is 8.78 Å². The first-order valence-electron chi connectivity index (χ1n) is 7.27. The van der Waals surface area contributed by atoms with Gasteiger partial charge in [0.1, 0.15) is 0 Å². The van der Waals surface area contributed by atoms with Crippen molar-refractivity contribution in [2.75, 3.05) is 0 Å². The minimum absolute atomic E-state index is 0.0206. The number of nitrogens with zero attached hydrogens (tertiary/aromatic N) is 5. The number of aromatic nitrogens is 5. The highest BCUT2D eigenvalue weighted by Gasteiger charge is 2.17. The predicted molar refractivity (Wildman–Crippen MR) is 89.0 cm³/mol. The monoisotopic (exact) mass is 405 g/mol. The standard InChI is InChI=1S/C16H10BrF2N5O/c17-10-2-4-13-12(5-10)21-8-24(13)7-11-3-1-9(6-20-11)15-22-23-16(25-15)14(18)19/h1-6,8,14H,7H2. The maximum absolute atomic E-state index is 12.5. The number of hydrogen-bond acceptors (Lipinski definition) is 5. The van der Waals surface area contributed by atoms with Crippen LogP contribution < -0.4 is 0 Å². The number of alkyl halides is 2. The Hall–Kier alpha value is -2.68. The summed E-state index contributed by atoms with van der Waals surface area (Å²) in [5.74, 6) is -0.678. The third kappa shape index (κ3) is 3.14. The highest BCUT2D eigenvalue weighted by molar-refractivity contribution is 9.10. The molecule has 0 unspecified atom stereocenters. The maximum atomic E-state index is 12.5. The van der Waals surface area contributed by atoms with E-state index >= 15 is 0 Å². The van der Waals surface area contributed by atoms with Crippen LogP contribution in [0.5, 0.6) is 0 Å². The van der Waals surface area contributed by atoms with Crippen LogP contribution in [0.3, 0.4) is 0 Å². The summed E-state index contributed by atoms with van der Waals surface area (Å²) in [6.07, 6.45) is 0.482. The second-order valence-electron chi connectivity index (χ2n) is 5.29. The molecule has 4 rings (SSSR count).